The molecule has 3 aromatic carbocycles. The topological polar surface area (TPSA) is 48.0 Å². The second-order valence-corrected chi connectivity index (χ2v) is 12.6. The minimum atomic E-state index is -1.22. The Morgan fingerprint density at radius 2 is 1.27 bits per heavy atom. The van der Waals surface area contributed by atoms with Crippen molar-refractivity contribution in [2.45, 2.75) is 39.0 Å². The molecule has 2 aliphatic rings. The molecule has 1 aromatic heterocycles. The van der Waals surface area contributed by atoms with E-state index >= 15 is 0 Å². The van der Waals surface area contributed by atoms with E-state index in [9.17, 15) is 4.55 Å². The highest BCUT2D eigenvalue weighted by Crippen LogP contribution is 2.46. The second kappa shape index (κ2) is 12.7. The van der Waals surface area contributed by atoms with E-state index < -0.39 is 10.8 Å². The smallest absolute Gasteiger partial charge is 0.184 e. The molecule has 0 amide bonds. The predicted octanol–water partition coefficient (Wildman–Crippen LogP) is 7.08. The van der Waals surface area contributed by atoms with E-state index in [0.29, 0.717) is 6.61 Å². The van der Waals surface area contributed by atoms with E-state index in [1.807, 2.05) is 18.2 Å². The molecule has 1 atom stereocenters. The van der Waals surface area contributed by atoms with Gasteiger partial charge in [0, 0.05) is 36.0 Å². The third-order valence-electron chi connectivity index (χ3n) is 8.29. The van der Waals surface area contributed by atoms with Crippen molar-refractivity contribution in [2.75, 3.05) is 52.5 Å². The van der Waals surface area contributed by atoms with E-state index in [-0.39, 0.29) is 0 Å². The molecule has 210 valence electrons. The van der Waals surface area contributed by atoms with Gasteiger partial charge in [0.1, 0.15) is 24.7 Å². The van der Waals surface area contributed by atoms with Gasteiger partial charge in [-0.3, -0.25) is 9.80 Å². The number of fused-ring (bicyclic) bond motifs is 1. The van der Waals surface area contributed by atoms with Gasteiger partial charge in [0.05, 0.1) is 0 Å². The fourth-order valence-electron chi connectivity index (χ4n) is 6.05. The summed E-state index contributed by atoms with van der Waals surface area (Å²) in [6.07, 6.45) is 5.91. The number of likely N-dealkylation sites (tertiary alicyclic amines) is 2. The van der Waals surface area contributed by atoms with Crippen molar-refractivity contribution in [1.82, 2.24) is 9.80 Å². The van der Waals surface area contributed by atoms with Crippen molar-refractivity contribution in [3.63, 3.8) is 0 Å². The SMILES string of the molecule is Cc1ccc2c(c1)c(Cc1ccc(OCCN3CCCC3)cc1)c(-c1ccc(OCCN3CCCC3)cc1)[s+]2[O-]. The third-order valence-corrected chi connectivity index (χ3v) is 9.90. The first-order valence-electron chi connectivity index (χ1n) is 14.8. The summed E-state index contributed by atoms with van der Waals surface area (Å²) in [5.74, 6) is 1.77. The highest BCUT2D eigenvalue weighted by molar-refractivity contribution is 7.34. The van der Waals surface area contributed by atoms with Crippen molar-refractivity contribution >= 4 is 20.8 Å². The van der Waals surface area contributed by atoms with E-state index in [4.69, 9.17) is 9.47 Å². The molecule has 0 N–H and O–H groups in total. The Morgan fingerprint density at radius 3 is 1.85 bits per heavy atom. The van der Waals surface area contributed by atoms with Crippen LogP contribution in [0.5, 0.6) is 11.5 Å². The van der Waals surface area contributed by atoms with Crippen LogP contribution >= 0.6 is 10.8 Å². The Hall–Kier alpha value is -2.90. The maximum Gasteiger partial charge on any atom is 0.184 e. The monoisotopic (exact) mass is 556 g/mol. The van der Waals surface area contributed by atoms with Crippen molar-refractivity contribution in [3.05, 3.63) is 83.4 Å². The van der Waals surface area contributed by atoms with Gasteiger partial charge in [-0.2, -0.15) is 0 Å². The average Bonchev–Trinajstić information content (AvgIpc) is 3.73. The fraction of sp³-hybridized carbons (Fsp3) is 0.412. The van der Waals surface area contributed by atoms with Crippen LogP contribution in [0, 0.1) is 6.92 Å². The summed E-state index contributed by atoms with van der Waals surface area (Å²) in [6.45, 7) is 10.2. The van der Waals surface area contributed by atoms with Crippen LogP contribution < -0.4 is 9.47 Å². The van der Waals surface area contributed by atoms with Crippen LogP contribution in [0.3, 0.4) is 0 Å². The molecule has 0 radical (unpaired) electrons. The molecular formula is C34H40N2O3S. The lowest BCUT2D eigenvalue weighted by Crippen LogP contribution is -2.25. The highest BCUT2D eigenvalue weighted by atomic mass is 32.2. The molecule has 1 unspecified atom stereocenters. The van der Waals surface area contributed by atoms with E-state index in [1.54, 1.807) is 0 Å². The van der Waals surface area contributed by atoms with Gasteiger partial charge < -0.3 is 14.0 Å². The van der Waals surface area contributed by atoms with Crippen molar-refractivity contribution in [3.8, 4) is 21.9 Å². The molecule has 40 heavy (non-hydrogen) atoms. The number of ether oxygens (including phenoxy) is 2. The summed E-state index contributed by atoms with van der Waals surface area (Å²) in [6, 6.07) is 22.8. The third kappa shape index (κ3) is 6.36. The predicted molar refractivity (Wildman–Crippen MR) is 164 cm³/mol. The quantitative estimate of drug-likeness (QED) is 0.185. The first kappa shape index (κ1) is 27.3. The molecule has 3 heterocycles. The standard InChI is InChI=1S/C34H40N2O3S/c1-26-6-15-33-31(24-26)32(25-27-7-11-29(12-8-27)38-22-20-35-16-2-3-17-35)34(40(33)37)28-9-13-30(14-10-28)39-23-21-36-18-4-5-19-36/h6-15,24H,2-5,16-23,25H2,1H3. The summed E-state index contributed by atoms with van der Waals surface area (Å²) >= 11 is 0. The van der Waals surface area contributed by atoms with Crippen molar-refractivity contribution in [1.29, 1.82) is 0 Å². The summed E-state index contributed by atoms with van der Waals surface area (Å²) < 4.78 is 26.7. The number of aryl methyl sites for hydroxylation is 1. The lowest BCUT2D eigenvalue weighted by atomic mass is 9.98. The summed E-state index contributed by atoms with van der Waals surface area (Å²) in [5.41, 5.74) is 4.50. The first-order valence-corrected chi connectivity index (χ1v) is 15.9. The second-order valence-electron chi connectivity index (χ2n) is 11.2. The zero-order valence-electron chi connectivity index (χ0n) is 23.6. The molecular weight excluding hydrogens is 516 g/mol. The number of thiophene rings is 1. The molecule has 0 saturated carbocycles. The Labute approximate surface area is 241 Å². The zero-order chi connectivity index (χ0) is 27.3. The minimum Gasteiger partial charge on any atom is -0.590 e. The van der Waals surface area contributed by atoms with Gasteiger partial charge in [0.25, 0.3) is 0 Å². The molecule has 5 nitrogen and oxygen atoms in total. The normalized spacial score (nSPS) is 16.7. The Balaban J connectivity index is 1.19. The number of rotatable bonds is 11. The van der Waals surface area contributed by atoms with Crippen LogP contribution in [0.25, 0.3) is 20.5 Å². The van der Waals surface area contributed by atoms with E-state index in [2.05, 4.69) is 65.3 Å². The summed E-state index contributed by atoms with van der Waals surface area (Å²) in [5, 5.41) is 1.10. The number of hydrogen-bond donors (Lipinski definition) is 0. The van der Waals surface area contributed by atoms with E-state index in [1.165, 1.54) is 63.0 Å². The highest BCUT2D eigenvalue weighted by Gasteiger charge is 2.24. The summed E-state index contributed by atoms with van der Waals surface area (Å²) in [7, 11) is -1.22. The van der Waals surface area contributed by atoms with Gasteiger partial charge in [-0.15, -0.1) is 0 Å². The number of hydrogen-bond acceptors (Lipinski definition) is 5. The molecule has 6 heteroatoms. The molecule has 0 spiro atoms. The van der Waals surface area contributed by atoms with Crippen LogP contribution in [0.15, 0.2) is 66.7 Å². The molecule has 4 aromatic rings. The van der Waals surface area contributed by atoms with Crippen LogP contribution in [-0.4, -0.2) is 66.8 Å². The van der Waals surface area contributed by atoms with Gasteiger partial charge >= 0.3 is 0 Å². The molecule has 2 fully saturated rings. The summed E-state index contributed by atoms with van der Waals surface area (Å²) in [4.78, 5) is 5.84. The van der Waals surface area contributed by atoms with E-state index in [0.717, 1.165) is 63.7 Å². The lowest BCUT2D eigenvalue weighted by molar-refractivity contribution is 0.237. The van der Waals surface area contributed by atoms with Crippen molar-refractivity contribution in [2.24, 2.45) is 0 Å². The Bertz CT molecular complexity index is 1400. The fourth-order valence-corrected chi connectivity index (χ4v) is 7.60. The maximum atomic E-state index is 13.8. The molecule has 0 bridgehead atoms. The molecule has 0 aliphatic carbocycles. The van der Waals surface area contributed by atoms with Crippen LogP contribution in [0.1, 0.15) is 42.4 Å². The Kier molecular flexibility index (Phi) is 8.68. The van der Waals surface area contributed by atoms with Gasteiger partial charge in [-0.25, -0.2) is 0 Å². The molecule has 2 saturated heterocycles. The van der Waals surface area contributed by atoms with Crippen LogP contribution in [-0.2, 0) is 6.42 Å². The number of nitrogens with zero attached hydrogens (tertiary/aromatic N) is 2. The largest absolute Gasteiger partial charge is 0.590 e. The number of benzene rings is 3. The molecule has 2 aliphatic heterocycles. The van der Waals surface area contributed by atoms with Crippen molar-refractivity contribution < 1.29 is 14.0 Å². The van der Waals surface area contributed by atoms with Gasteiger partial charge in [0.2, 0.25) is 0 Å². The van der Waals surface area contributed by atoms with Crippen LogP contribution in [0.2, 0.25) is 0 Å². The minimum absolute atomic E-state index is 0.696. The lowest BCUT2D eigenvalue weighted by Gasteiger charge is -2.15. The Morgan fingerprint density at radius 1 is 0.725 bits per heavy atom. The molecule has 6 rings (SSSR count). The zero-order valence-corrected chi connectivity index (χ0v) is 24.4. The van der Waals surface area contributed by atoms with Gasteiger partial charge in [-0.05, 0) is 124 Å². The maximum absolute atomic E-state index is 13.8. The average molecular weight is 557 g/mol. The van der Waals surface area contributed by atoms with Gasteiger partial charge in [-0.1, -0.05) is 23.8 Å². The first-order chi connectivity index (χ1) is 19.6. The van der Waals surface area contributed by atoms with Crippen LogP contribution in [0.4, 0.5) is 0 Å². The van der Waals surface area contributed by atoms with Gasteiger partial charge in [0.15, 0.2) is 9.58 Å².